The van der Waals surface area contributed by atoms with Gasteiger partial charge in [0.1, 0.15) is 5.88 Å². The molecule has 0 fully saturated rings. The van der Waals surface area contributed by atoms with Crippen LogP contribution < -0.4 is 10.6 Å². The summed E-state index contributed by atoms with van der Waals surface area (Å²) in [6.45, 7) is 0.530. The van der Waals surface area contributed by atoms with E-state index in [-0.39, 0.29) is 24.2 Å². The van der Waals surface area contributed by atoms with Gasteiger partial charge in [-0.1, -0.05) is 0 Å². The summed E-state index contributed by atoms with van der Waals surface area (Å²) >= 11 is 10.3. The molecule has 0 radical (unpaired) electrons. The monoisotopic (exact) mass is 338 g/mol. The van der Waals surface area contributed by atoms with Crippen LogP contribution in [0.25, 0.3) is 0 Å². The van der Waals surface area contributed by atoms with Gasteiger partial charge in [0.05, 0.1) is 10.3 Å². The van der Waals surface area contributed by atoms with E-state index in [9.17, 15) is 9.59 Å². The van der Waals surface area contributed by atoms with Crippen molar-refractivity contribution in [3.8, 4) is 0 Å². The van der Waals surface area contributed by atoms with Gasteiger partial charge in [-0.25, -0.2) is 0 Å². The number of carbonyl (C=O) groups is 2. The molecular weight excluding hydrogens is 328 g/mol. The van der Waals surface area contributed by atoms with Gasteiger partial charge >= 0.3 is 0 Å². The summed E-state index contributed by atoms with van der Waals surface area (Å²) in [5.74, 6) is -0.681. The number of thiophene rings is 1. The Hall–Kier alpha value is -0.590. The molecule has 2 amide bonds. The lowest BCUT2D eigenvalue weighted by atomic mass is 10.3. The van der Waals surface area contributed by atoms with Gasteiger partial charge in [0.2, 0.25) is 11.8 Å². The highest BCUT2D eigenvalue weighted by molar-refractivity contribution is 9.11. The van der Waals surface area contributed by atoms with E-state index in [2.05, 4.69) is 26.6 Å². The van der Waals surface area contributed by atoms with Crippen molar-refractivity contribution in [1.82, 2.24) is 10.6 Å². The van der Waals surface area contributed by atoms with E-state index in [0.717, 1.165) is 10.2 Å². The molecule has 1 heterocycles. The second kappa shape index (κ2) is 7.68. The van der Waals surface area contributed by atoms with E-state index >= 15 is 0 Å². The minimum Gasteiger partial charge on any atom is -0.354 e. The van der Waals surface area contributed by atoms with Crippen LogP contribution in [0.1, 0.15) is 4.88 Å². The summed E-state index contributed by atoms with van der Waals surface area (Å²) in [5.41, 5.74) is 0. The lowest BCUT2D eigenvalue weighted by molar-refractivity contribution is -0.124. The summed E-state index contributed by atoms with van der Waals surface area (Å²) in [5, 5.41) is 5.11. The fourth-order valence-corrected chi connectivity index (χ4v) is 2.68. The van der Waals surface area contributed by atoms with Gasteiger partial charge in [0.25, 0.3) is 0 Å². The minimum atomic E-state index is -0.344. The van der Waals surface area contributed by atoms with Crippen molar-refractivity contribution in [3.63, 3.8) is 0 Å². The summed E-state index contributed by atoms with van der Waals surface area (Å²) in [6, 6.07) is 3.98. The van der Waals surface area contributed by atoms with Gasteiger partial charge in [0, 0.05) is 11.4 Å². The molecule has 1 rings (SSSR count). The molecule has 2 N–H and O–H groups in total. The van der Waals surface area contributed by atoms with Crippen LogP contribution in [-0.4, -0.2) is 30.8 Å². The average molecular weight is 340 g/mol. The van der Waals surface area contributed by atoms with E-state index < -0.39 is 0 Å². The van der Waals surface area contributed by atoms with Crippen molar-refractivity contribution >= 4 is 50.7 Å². The fraction of sp³-hybridized carbons (Fsp3) is 0.400. The Morgan fingerprint density at radius 1 is 1.29 bits per heavy atom. The first kappa shape index (κ1) is 14.5. The Labute approximate surface area is 117 Å². The maximum absolute atomic E-state index is 11.3. The zero-order valence-electron chi connectivity index (χ0n) is 8.96. The molecule has 0 aliphatic carbocycles. The van der Waals surface area contributed by atoms with E-state index in [1.165, 1.54) is 4.88 Å². The van der Waals surface area contributed by atoms with Crippen LogP contribution in [0.4, 0.5) is 0 Å². The van der Waals surface area contributed by atoms with Crippen molar-refractivity contribution in [2.75, 3.05) is 19.0 Å². The van der Waals surface area contributed by atoms with E-state index in [0.29, 0.717) is 6.54 Å². The second-order valence-electron chi connectivity index (χ2n) is 3.22. The smallest absolute Gasteiger partial charge is 0.239 e. The van der Waals surface area contributed by atoms with Crippen LogP contribution >= 0.6 is 38.9 Å². The van der Waals surface area contributed by atoms with Crippen molar-refractivity contribution in [3.05, 3.63) is 20.8 Å². The topological polar surface area (TPSA) is 58.2 Å². The van der Waals surface area contributed by atoms with Crippen molar-refractivity contribution in [1.29, 1.82) is 0 Å². The number of rotatable bonds is 6. The Morgan fingerprint density at radius 2 is 2.06 bits per heavy atom. The first-order valence-electron chi connectivity index (χ1n) is 4.95. The molecule has 0 aromatic carbocycles. The molecule has 17 heavy (non-hydrogen) atoms. The molecule has 94 valence electrons. The summed E-state index contributed by atoms with van der Waals surface area (Å²) in [7, 11) is 0. The quantitative estimate of drug-likeness (QED) is 0.772. The molecule has 0 aliphatic heterocycles. The third-order valence-corrected chi connectivity index (χ3v) is 3.82. The normalized spacial score (nSPS) is 10.0. The molecule has 0 bridgehead atoms. The zero-order valence-corrected chi connectivity index (χ0v) is 12.1. The first-order valence-corrected chi connectivity index (χ1v) is 7.10. The van der Waals surface area contributed by atoms with Crippen molar-refractivity contribution < 1.29 is 9.59 Å². The fourth-order valence-electron chi connectivity index (χ4n) is 1.10. The molecule has 7 heteroatoms. The van der Waals surface area contributed by atoms with Crippen LogP contribution in [0, 0.1) is 0 Å². The Morgan fingerprint density at radius 3 is 2.65 bits per heavy atom. The van der Waals surface area contributed by atoms with Crippen LogP contribution in [0.5, 0.6) is 0 Å². The van der Waals surface area contributed by atoms with Gasteiger partial charge in [-0.15, -0.1) is 22.9 Å². The minimum absolute atomic E-state index is 0.0281. The zero-order chi connectivity index (χ0) is 12.7. The third kappa shape index (κ3) is 6.05. The number of hydrogen-bond acceptors (Lipinski definition) is 3. The predicted molar refractivity (Wildman–Crippen MR) is 72.5 cm³/mol. The maximum Gasteiger partial charge on any atom is 0.239 e. The highest BCUT2D eigenvalue weighted by Crippen LogP contribution is 2.21. The largest absolute Gasteiger partial charge is 0.354 e. The summed E-state index contributed by atoms with van der Waals surface area (Å²) < 4.78 is 1.08. The van der Waals surface area contributed by atoms with Crippen LogP contribution in [0.3, 0.4) is 0 Å². The standard InChI is InChI=1S/C10H12BrClN2O2S/c11-8-2-1-7(17-8)3-4-13-10(16)6-14-9(15)5-12/h1-2H,3-6H2,(H,13,16)(H,14,15). The molecule has 0 saturated carbocycles. The number of nitrogens with one attached hydrogen (secondary N) is 2. The van der Waals surface area contributed by atoms with E-state index in [4.69, 9.17) is 11.6 Å². The molecule has 4 nitrogen and oxygen atoms in total. The summed E-state index contributed by atoms with van der Waals surface area (Å²) in [4.78, 5) is 23.3. The van der Waals surface area contributed by atoms with Gasteiger partial charge in [0.15, 0.2) is 0 Å². The van der Waals surface area contributed by atoms with E-state index in [1.807, 2.05) is 12.1 Å². The van der Waals surface area contributed by atoms with Gasteiger partial charge < -0.3 is 10.6 Å². The molecule has 0 spiro atoms. The first-order chi connectivity index (χ1) is 8.11. The SMILES string of the molecule is O=C(CCl)NCC(=O)NCCc1ccc(Br)s1. The number of hydrogen-bond donors (Lipinski definition) is 2. The van der Waals surface area contributed by atoms with E-state index in [1.54, 1.807) is 11.3 Å². The molecule has 0 unspecified atom stereocenters. The van der Waals surface area contributed by atoms with Crippen LogP contribution in [-0.2, 0) is 16.0 Å². The van der Waals surface area contributed by atoms with Gasteiger partial charge in [-0.05, 0) is 34.5 Å². The number of amides is 2. The molecule has 0 aliphatic rings. The highest BCUT2D eigenvalue weighted by atomic mass is 79.9. The molecule has 1 aromatic rings. The molecule has 1 aromatic heterocycles. The lowest BCUT2D eigenvalue weighted by Gasteiger charge is -2.04. The maximum atomic E-state index is 11.3. The summed E-state index contributed by atoms with van der Waals surface area (Å²) in [6.07, 6.45) is 0.783. The van der Waals surface area contributed by atoms with Gasteiger partial charge in [-0.3, -0.25) is 9.59 Å². The second-order valence-corrected chi connectivity index (χ2v) is 6.03. The van der Waals surface area contributed by atoms with Gasteiger partial charge in [-0.2, -0.15) is 0 Å². The molecular formula is C10H12BrClN2O2S. The lowest BCUT2D eigenvalue weighted by Crippen LogP contribution is -2.38. The predicted octanol–water partition coefficient (Wildman–Crippen LogP) is 1.52. The van der Waals surface area contributed by atoms with Crippen molar-refractivity contribution in [2.24, 2.45) is 0 Å². The Kier molecular flexibility index (Phi) is 6.54. The van der Waals surface area contributed by atoms with Crippen molar-refractivity contribution in [2.45, 2.75) is 6.42 Å². The third-order valence-electron chi connectivity index (χ3n) is 1.89. The molecule has 0 saturated heterocycles. The molecule has 0 atom stereocenters. The number of alkyl halides is 1. The average Bonchev–Trinajstić information content (AvgIpc) is 2.72. The number of carbonyl (C=O) groups excluding carboxylic acids is 2. The number of halogens is 2. The van der Waals surface area contributed by atoms with Crippen LogP contribution in [0.2, 0.25) is 0 Å². The van der Waals surface area contributed by atoms with Crippen LogP contribution in [0.15, 0.2) is 15.9 Å². The Bertz CT molecular complexity index is 397. The Balaban J connectivity index is 2.14. The highest BCUT2D eigenvalue weighted by Gasteiger charge is 2.04.